The van der Waals surface area contributed by atoms with Crippen LogP contribution in [0.5, 0.6) is 5.75 Å². The Balaban J connectivity index is 2.21. The summed E-state index contributed by atoms with van der Waals surface area (Å²) in [4.78, 5) is 0. The maximum Gasteiger partial charge on any atom is 0.123 e. The average molecular weight is 211 g/mol. The van der Waals surface area contributed by atoms with Gasteiger partial charge in [-0.3, -0.25) is 0 Å². The smallest absolute Gasteiger partial charge is 0.123 e. The number of rotatable bonds is 1. The van der Waals surface area contributed by atoms with Crippen molar-refractivity contribution in [3.63, 3.8) is 0 Å². The molecular weight excluding hydrogens is 198 g/mol. The molecule has 3 rings (SSSR count). The summed E-state index contributed by atoms with van der Waals surface area (Å²) in [6.07, 6.45) is 0.972. The van der Waals surface area contributed by atoms with E-state index in [0.717, 1.165) is 30.0 Å². The topological polar surface area (TPSA) is 35.2 Å². The van der Waals surface area contributed by atoms with E-state index in [1.807, 2.05) is 30.3 Å². The van der Waals surface area contributed by atoms with Gasteiger partial charge in [0.05, 0.1) is 6.61 Å². The minimum atomic E-state index is 0.777. The normalized spacial score (nSPS) is 13.2. The molecular formula is C14H13NO. The highest BCUT2D eigenvalue weighted by Gasteiger charge is 2.17. The Hall–Kier alpha value is -1.96. The summed E-state index contributed by atoms with van der Waals surface area (Å²) in [6, 6.07) is 14.1. The number of ether oxygens (including phenoxy) is 1. The van der Waals surface area contributed by atoms with Crippen molar-refractivity contribution in [2.24, 2.45) is 0 Å². The second-order valence-electron chi connectivity index (χ2n) is 3.97. The van der Waals surface area contributed by atoms with Crippen molar-refractivity contribution < 1.29 is 4.74 Å². The van der Waals surface area contributed by atoms with E-state index in [0.29, 0.717) is 0 Å². The van der Waals surface area contributed by atoms with Crippen molar-refractivity contribution in [1.29, 1.82) is 0 Å². The van der Waals surface area contributed by atoms with Gasteiger partial charge in [0.1, 0.15) is 5.75 Å². The molecule has 1 aliphatic heterocycles. The summed E-state index contributed by atoms with van der Waals surface area (Å²) in [5, 5.41) is 0. The lowest BCUT2D eigenvalue weighted by atomic mass is 9.97. The average Bonchev–Trinajstić information content (AvgIpc) is 2.77. The molecule has 2 heteroatoms. The molecule has 0 unspecified atom stereocenters. The molecule has 2 aromatic rings. The molecule has 0 amide bonds. The molecule has 0 aliphatic carbocycles. The third-order valence-electron chi connectivity index (χ3n) is 2.99. The molecule has 1 aliphatic rings. The zero-order valence-electron chi connectivity index (χ0n) is 8.94. The fraction of sp³-hybridized carbons (Fsp3) is 0.143. The molecule has 0 fully saturated rings. The molecule has 0 spiro atoms. The number of fused-ring (bicyclic) bond motifs is 1. The van der Waals surface area contributed by atoms with Gasteiger partial charge in [-0.25, -0.2) is 0 Å². The zero-order chi connectivity index (χ0) is 11.0. The van der Waals surface area contributed by atoms with E-state index in [1.54, 1.807) is 0 Å². The van der Waals surface area contributed by atoms with Gasteiger partial charge in [0, 0.05) is 23.2 Å². The van der Waals surface area contributed by atoms with Crippen molar-refractivity contribution in [1.82, 2.24) is 0 Å². The fourth-order valence-corrected chi connectivity index (χ4v) is 2.22. The Labute approximate surface area is 94.7 Å². The summed E-state index contributed by atoms with van der Waals surface area (Å²) in [7, 11) is 0. The predicted molar refractivity (Wildman–Crippen MR) is 65.5 cm³/mol. The van der Waals surface area contributed by atoms with Gasteiger partial charge in [-0.05, 0) is 17.7 Å². The number of benzene rings is 2. The molecule has 16 heavy (non-hydrogen) atoms. The van der Waals surface area contributed by atoms with Crippen LogP contribution in [0.4, 0.5) is 5.69 Å². The number of nitrogen functional groups attached to an aromatic ring is 1. The largest absolute Gasteiger partial charge is 0.493 e. The van der Waals surface area contributed by atoms with Crippen LogP contribution in [0.2, 0.25) is 0 Å². The third-order valence-corrected chi connectivity index (χ3v) is 2.99. The van der Waals surface area contributed by atoms with Crippen LogP contribution < -0.4 is 10.5 Å². The van der Waals surface area contributed by atoms with Gasteiger partial charge in [-0.1, -0.05) is 30.3 Å². The van der Waals surface area contributed by atoms with Crippen LogP contribution in [0.1, 0.15) is 5.56 Å². The summed E-state index contributed by atoms with van der Waals surface area (Å²) in [6.45, 7) is 0.777. The molecule has 2 nitrogen and oxygen atoms in total. The Morgan fingerprint density at radius 2 is 1.75 bits per heavy atom. The predicted octanol–water partition coefficient (Wildman–Crippen LogP) is 2.87. The van der Waals surface area contributed by atoms with E-state index in [2.05, 4.69) is 12.1 Å². The lowest BCUT2D eigenvalue weighted by molar-refractivity contribution is 0.357. The SMILES string of the molecule is Nc1ccccc1-c1cccc2c1CCO2. The molecule has 0 bridgehead atoms. The Kier molecular flexibility index (Phi) is 2.07. The lowest BCUT2D eigenvalue weighted by Gasteiger charge is -2.09. The first-order valence-electron chi connectivity index (χ1n) is 5.46. The number of para-hydroxylation sites is 1. The summed E-state index contributed by atoms with van der Waals surface area (Å²) in [5.41, 5.74) is 10.4. The number of anilines is 1. The second kappa shape index (κ2) is 3.56. The Morgan fingerprint density at radius 1 is 0.938 bits per heavy atom. The van der Waals surface area contributed by atoms with Crippen LogP contribution in [0, 0.1) is 0 Å². The van der Waals surface area contributed by atoms with Gasteiger partial charge in [0.2, 0.25) is 0 Å². The van der Waals surface area contributed by atoms with E-state index in [1.165, 1.54) is 11.1 Å². The first kappa shape index (κ1) is 9.28. The summed E-state index contributed by atoms with van der Waals surface area (Å²) >= 11 is 0. The minimum absolute atomic E-state index is 0.777. The summed E-state index contributed by atoms with van der Waals surface area (Å²) in [5.74, 6) is 1.00. The molecule has 1 heterocycles. The lowest BCUT2D eigenvalue weighted by Crippen LogP contribution is -1.92. The maximum atomic E-state index is 6.01. The van der Waals surface area contributed by atoms with E-state index < -0.39 is 0 Å². The van der Waals surface area contributed by atoms with Gasteiger partial charge < -0.3 is 10.5 Å². The first-order valence-corrected chi connectivity index (χ1v) is 5.46. The number of hydrogen-bond donors (Lipinski definition) is 1. The Morgan fingerprint density at radius 3 is 2.62 bits per heavy atom. The highest BCUT2D eigenvalue weighted by Crippen LogP contribution is 2.36. The van der Waals surface area contributed by atoms with Gasteiger partial charge in [0.15, 0.2) is 0 Å². The van der Waals surface area contributed by atoms with Crippen molar-refractivity contribution >= 4 is 5.69 Å². The maximum absolute atomic E-state index is 6.01. The van der Waals surface area contributed by atoms with Gasteiger partial charge in [-0.2, -0.15) is 0 Å². The van der Waals surface area contributed by atoms with Crippen molar-refractivity contribution in [2.45, 2.75) is 6.42 Å². The summed E-state index contributed by atoms with van der Waals surface area (Å²) < 4.78 is 5.56. The molecule has 0 saturated carbocycles. The van der Waals surface area contributed by atoms with Gasteiger partial charge >= 0.3 is 0 Å². The highest BCUT2D eigenvalue weighted by atomic mass is 16.5. The number of hydrogen-bond acceptors (Lipinski definition) is 2. The van der Waals surface area contributed by atoms with Crippen LogP contribution in [-0.2, 0) is 6.42 Å². The van der Waals surface area contributed by atoms with Crippen molar-refractivity contribution in [3.8, 4) is 16.9 Å². The van der Waals surface area contributed by atoms with E-state index in [-0.39, 0.29) is 0 Å². The van der Waals surface area contributed by atoms with Gasteiger partial charge in [-0.15, -0.1) is 0 Å². The van der Waals surface area contributed by atoms with Crippen LogP contribution in [0.3, 0.4) is 0 Å². The number of nitrogens with two attached hydrogens (primary N) is 1. The first-order chi connectivity index (χ1) is 7.86. The Bertz CT molecular complexity index is 534. The van der Waals surface area contributed by atoms with Crippen LogP contribution in [0.15, 0.2) is 42.5 Å². The highest BCUT2D eigenvalue weighted by molar-refractivity contribution is 5.80. The molecule has 2 N–H and O–H groups in total. The van der Waals surface area contributed by atoms with Gasteiger partial charge in [0.25, 0.3) is 0 Å². The quantitative estimate of drug-likeness (QED) is 0.736. The molecule has 0 saturated heterocycles. The zero-order valence-corrected chi connectivity index (χ0v) is 8.94. The molecule has 0 atom stereocenters. The molecule has 0 radical (unpaired) electrons. The van der Waals surface area contributed by atoms with E-state index in [4.69, 9.17) is 10.5 Å². The molecule has 80 valence electrons. The monoisotopic (exact) mass is 211 g/mol. The van der Waals surface area contributed by atoms with Crippen molar-refractivity contribution in [3.05, 3.63) is 48.0 Å². The van der Waals surface area contributed by atoms with Crippen LogP contribution >= 0.6 is 0 Å². The van der Waals surface area contributed by atoms with E-state index >= 15 is 0 Å². The second-order valence-corrected chi connectivity index (χ2v) is 3.97. The fourth-order valence-electron chi connectivity index (χ4n) is 2.22. The third kappa shape index (κ3) is 1.34. The molecule has 2 aromatic carbocycles. The van der Waals surface area contributed by atoms with E-state index in [9.17, 15) is 0 Å². The molecule has 0 aromatic heterocycles. The van der Waals surface area contributed by atoms with Crippen LogP contribution in [0.25, 0.3) is 11.1 Å². The minimum Gasteiger partial charge on any atom is -0.493 e. The van der Waals surface area contributed by atoms with Crippen molar-refractivity contribution in [2.75, 3.05) is 12.3 Å². The van der Waals surface area contributed by atoms with Crippen LogP contribution in [-0.4, -0.2) is 6.61 Å². The standard InChI is InChI=1S/C14H13NO/c15-13-6-2-1-4-11(13)10-5-3-7-14-12(10)8-9-16-14/h1-7H,8-9,15H2.